The van der Waals surface area contributed by atoms with Crippen molar-refractivity contribution < 1.29 is 4.79 Å². The van der Waals surface area contributed by atoms with Gasteiger partial charge in [-0.05, 0) is 43.2 Å². The van der Waals surface area contributed by atoms with Crippen LogP contribution < -0.4 is 5.32 Å². The number of rotatable bonds is 6. The fourth-order valence-electron chi connectivity index (χ4n) is 2.96. The van der Waals surface area contributed by atoms with Gasteiger partial charge in [-0.3, -0.25) is 9.48 Å². The molecule has 0 radical (unpaired) electrons. The van der Waals surface area contributed by atoms with Crippen LogP contribution in [-0.4, -0.2) is 22.2 Å². The molecule has 4 rings (SSSR count). The number of carbonyl (C=O) groups excluding carboxylic acids is 1. The molecule has 0 spiro atoms. The van der Waals surface area contributed by atoms with Crippen LogP contribution >= 0.6 is 11.3 Å². The van der Waals surface area contributed by atoms with Gasteiger partial charge in [-0.2, -0.15) is 5.10 Å². The van der Waals surface area contributed by atoms with E-state index in [1.807, 2.05) is 0 Å². The van der Waals surface area contributed by atoms with Gasteiger partial charge in [0, 0.05) is 24.1 Å². The lowest BCUT2D eigenvalue weighted by atomic mass is 9.85. The second kappa shape index (κ2) is 5.88. The first kappa shape index (κ1) is 14.0. The summed E-state index contributed by atoms with van der Waals surface area (Å²) in [6.45, 7) is 1.45. The Labute approximate surface area is 134 Å². The normalized spacial score (nSPS) is 18.2. The topological polar surface area (TPSA) is 46.9 Å². The van der Waals surface area contributed by atoms with Crippen molar-refractivity contribution >= 4 is 17.2 Å². The fraction of sp³-hybridized carbons (Fsp3) is 0.529. The minimum absolute atomic E-state index is 0.227. The van der Waals surface area contributed by atoms with Gasteiger partial charge in [-0.25, -0.2) is 0 Å². The van der Waals surface area contributed by atoms with Gasteiger partial charge in [0.2, 0.25) is 5.91 Å². The predicted molar refractivity (Wildman–Crippen MR) is 87.9 cm³/mol. The van der Waals surface area contributed by atoms with Crippen molar-refractivity contribution in [1.82, 2.24) is 15.1 Å². The summed E-state index contributed by atoms with van der Waals surface area (Å²) < 4.78 is 2.10. The maximum atomic E-state index is 11.9. The maximum Gasteiger partial charge on any atom is 0.223 e. The molecular weight excluding hydrogens is 294 g/mol. The van der Waals surface area contributed by atoms with Crippen molar-refractivity contribution in [2.45, 2.75) is 44.6 Å². The lowest BCUT2D eigenvalue weighted by Crippen LogP contribution is -2.36. The highest BCUT2D eigenvalue weighted by atomic mass is 32.1. The smallest absolute Gasteiger partial charge is 0.223 e. The summed E-state index contributed by atoms with van der Waals surface area (Å²) in [4.78, 5) is 13.1. The molecule has 2 aromatic rings. The Hall–Kier alpha value is -1.62. The first-order chi connectivity index (χ1) is 10.8. The van der Waals surface area contributed by atoms with Crippen LogP contribution in [0.3, 0.4) is 0 Å². The average molecular weight is 315 g/mol. The van der Waals surface area contributed by atoms with Crippen LogP contribution in [0.4, 0.5) is 0 Å². The van der Waals surface area contributed by atoms with Crippen LogP contribution in [0.5, 0.6) is 0 Å². The molecule has 0 unspecified atom stereocenters. The molecule has 2 aliphatic carbocycles. The van der Waals surface area contributed by atoms with Crippen LogP contribution in [0.2, 0.25) is 0 Å². The quantitative estimate of drug-likeness (QED) is 0.888. The molecule has 4 nitrogen and oxygen atoms in total. The molecule has 2 aliphatic rings. The highest BCUT2D eigenvalue weighted by molar-refractivity contribution is 7.13. The van der Waals surface area contributed by atoms with Crippen LogP contribution in [0.1, 0.15) is 43.7 Å². The molecule has 116 valence electrons. The SMILES string of the molecule is O=C(NCCn1nc(-c2cccs2)cc1C1CC1)C1CCC1. The van der Waals surface area contributed by atoms with E-state index in [1.165, 1.54) is 29.8 Å². The van der Waals surface area contributed by atoms with Crippen molar-refractivity contribution in [3.63, 3.8) is 0 Å². The third kappa shape index (κ3) is 2.82. The van der Waals surface area contributed by atoms with Gasteiger partial charge >= 0.3 is 0 Å². The number of hydrogen-bond donors (Lipinski definition) is 1. The molecule has 2 saturated carbocycles. The molecule has 5 heteroatoms. The zero-order valence-corrected chi connectivity index (χ0v) is 13.4. The van der Waals surface area contributed by atoms with E-state index in [0.717, 1.165) is 25.1 Å². The van der Waals surface area contributed by atoms with Crippen LogP contribution in [0.15, 0.2) is 23.6 Å². The lowest BCUT2D eigenvalue weighted by Gasteiger charge is -2.24. The summed E-state index contributed by atoms with van der Waals surface area (Å²) in [5, 5.41) is 9.92. The van der Waals surface area contributed by atoms with Gasteiger partial charge in [0.15, 0.2) is 0 Å². The minimum Gasteiger partial charge on any atom is -0.354 e. The Kier molecular flexibility index (Phi) is 3.74. The third-order valence-electron chi connectivity index (χ3n) is 4.68. The Morgan fingerprint density at radius 1 is 1.36 bits per heavy atom. The standard InChI is InChI=1S/C17H21N3OS/c21-17(13-3-1-4-13)18-8-9-20-15(12-6-7-12)11-14(19-20)16-5-2-10-22-16/h2,5,10-13H,1,3-4,6-9H2,(H,18,21). The number of amides is 1. The summed E-state index contributed by atoms with van der Waals surface area (Å²) in [5.74, 6) is 1.16. The van der Waals surface area contributed by atoms with Crippen molar-refractivity contribution in [2.24, 2.45) is 5.92 Å². The van der Waals surface area contributed by atoms with E-state index in [-0.39, 0.29) is 11.8 Å². The number of aromatic nitrogens is 2. The number of nitrogens with one attached hydrogen (secondary N) is 1. The maximum absolute atomic E-state index is 11.9. The van der Waals surface area contributed by atoms with E-state index in [9.17, 15) is 4.79 Å². The molecule has 0 aliphatic heterocycles. The Morgan fingerprint density at radius 3 is 2.86 bits per heavy atom. The molecule has 2 heterocycles. The summed E-state index contributed by atoms with van der Waals surface area (Å²) in [6, 6.07) is 6.41. The molecule has 1 N–H and O–H groups in total. The van der Waals surface area contributed by atoms with Gasteiger partial charge < -0.3 is 5.32 Å². The molecule has 2 fully saturated rings. The number of carbonyl (C=O) groups is 1. The van der Waals surface area contributed by atoms with E-state index in [1.54, 1.807) is 11.3 Å². The molecule has 22 heavy (non-hydrogen) atoms. The summed E-state index contributed by atoms with van der Waals surface area (Å²) >= 11 is 1.73. The van der Waals surface area contributed by atoms with Crippen molar-refractivity contribution in [3.8, 4) is 10.6 Å². The first-order valence-corrected chi connectivity index (χ1v) is 9.08. The summed E-state index contributed by atoms with van der Waals surface area (Å²) in [7, 11) is 0. The van der Waals surface area contributed by atoms with Crippen molar-refractivity contribution in [3.05, 3.63) is 29.3 Å². The highest BCUT2D eigenvalue weighted by Gasteiger charge is 2.29. The molecule has 0 aromatic carbocycles. The van der Waals surface area contributed by atoms with Gasteiger partial charge in [0.1, 0.15) is 5.69 Å². The van der Waals surface area contributed by atoms with E-state index in [2.05, 4.69) is 33.6 Å². The van der Waals surface area contributed by atoms with Gasteiger partial charge in [0.05, 0.1) is 11.4 Å². The zero-order valence-electron chi connectivity index (χ0n) is 12.6. The zero-order chi connectivity index (χ0) is 14.9. The molecule has 0 saturated heterocycles. The second-order valence-electron chi connectivity index (χ2n) is 6.35. The third-order valence-corrected chi connectivity index (χ3v) is 5.57. The second-order valence-corrected chi connectivity index (χ2v) is 7.30. The summed E-state index contributed by atoms with van der Waals surface area (Å²) in [6.07, 6.45) is 5.86. The predicted octanol–water partition coefficient (Wildman–Crippen LogP) is 3.41. The fourth-order valence-corrected chi connectivity index (χ4v) is 3.64. The Balaban J connectivity index is 1.42. The van der Waals surface area contributed by atoms with Gasteiger partial charge in [-0.15, -0.1) is 11.3 Å². The molecule has 0 bridgehead atoms. The van der Waals surface area contributed by atoms with Crippen LogP contribution in [0.25, 0.3) is 10.6 Å². The van der Waals surface area contributed by atoms with Crippen molar-refractivity contribution in [1.29, 1.82) is 0 Å². The molecule has 1 amide bonds. The number of hydrogen-bond acceptors (Lipinski definition) is 3. The van der Waals surface area contributed by atoms with Crippen molar-refractivity contribution in [2.75, 3.05) is 6.54 Å². The van der Waals surface area contributed by atoms with E-state index < -0.39 is 0 Å². The Morgan fingerprint density at radius 2 is 2.23 bits per heavy atom. The van der Waals surface area contributed by atoms with E-state index >= 15 is 0 Å². The highest BCUT2D eigenvalue weighted by Crippen LogP contribution is 2.41. The number of thiophene rings is 1. The average Bonchev–Trinajstić information content (AvgIpc) is 2.99. The van der Waals surface area contributed by atoms with E-state index in [0.29, 0.717) is 12.5 Å². The lowest BCUT2D eigenvalue weighted by molar-refractivity contribution is -0.127. The van der Waals surface area contributed by atoms with Gasteiger partial charge in [0.25, 0.3) is 0 Å². The number of nitrogens with zero attached hydrogens (tertiary/aromatic N) is 2. The minimum atomic E-state index is 0.227. The van der Waals surface area contributed by atoms with Crippen LogP contribution in [-0.2, 0) is 11.3 Å². The molecular formula is C17H21N3OS. The summed E-state index contributed by atoms with van der Waals surface area (Å²) in [5.41, 5.74) is 2.41. The molecule has 2 aromatic heterocycles. The first-order valence-electron chi connectivity index (χ1n) is 8.20. The van der Waals surface area contributed by atoms with E-state index in [4.69, 9.17) is 5.10 Å². The molecule has 0 atom stereocenters. The largest absolute Gasteiger partial charge is 0.354 e. The van der Waals surface area contributed by atoms with Crippen LogP contribution in [0, 0.1) is 5.92 Å². The monoisotopic (exact) mass is 315 g/mol. The Bertz CT molecular complexity index is 654. The van der Waals surface area contributed by atoms with Gasteiger partial charge in [-0.1, -0.05) is 12.5 Å².